The second-order valence-corrected chi connectivity index (χ2v) is 10.9. The minimum absolute atomic E-state index is 0.0165. The largest absolute Gasteiger partial charge is 0.445 e. The zero-order valence-corrected chi connectivity index (χ0v) is 23.2. The van der Waals surface area contributed by atoms with E-state index in [-0.39, 0.29) is 11.5 Å². The molecule has 11 nitrogen and oxygen atoms in total. The zero-order valence-electron chi connectivity index (χ0n) is 21.6. The molecule has 0 saturated heterocycles. The Bertz CT molecular complexity index is 1240. The van der Waals surface area contributed by atoms with Crippen LogP contribution in [-0.4, -0.2) is 50.2 Å². The van der Waals surface area contributed by atoms with Gasteiger partial charge in [-0.1, -0.05) is 62.2 Å². The quantitative estimate of drug-likeness (QED) is 0.194. The molecule has 0 aliphatic rings. The number of hydrogen-bond donors (Lipinski definition) is 5. The number of ether oxygens (including phenoxy) is 1. The summed E-state index contributed by atoms with van der Waals surface area (Å²) in [6, 6.07) is 9.15. The lowest BCUT2D eigenvalue weighted by Crippen LogP contribution is -2.58. The van der Waals surface area contributed by atoms with E-state index in [2.05, 4.69) is 15.4 Å². The van der Waals surface area contributed by atoms with Gasteiger partial charge >= 0.3 is 6.09 Å². The van der Waals surface area contributed by atoms with Gasteiger partial charge in [0.1, 0.15) is 18.7 Å². The van der Waals surface area contributed by atoms with Crippen molar-refractivity contribution in [1.29, 1.82) is 0 Å². The van der Waals surface area contributed by atoms with E-state index in [9.17, 15) is 22.8 Å². The molecule has 13 heteroatoms. The number of carbonyl (C=O) groups excluding carboxylic acids is 3. The first kappa shape index (κ1) is 31.0. The molecule has 0 fully saturated rings. The number of halogens is 1. The van der Waals surface area contributed by atoms with Crippen LogP contribution in [0.2, 0.25) is 5.02 Å². The molecule has 0 heterocycles. The van der Waals surface area contributed by atoms with Crippen LogP contribution in [0.5, 0.6) is 0 Å². The molecule has 2 aromatic rings. The van der Waals surface area contributed by atoms with Crippen LogP contribution in [0.3, 0.4) is 0 Å². The fraction of sp³-hybridized carbons (Fsp3) is 0.400. The molecule has 2 aromatic carbocycles. The molecule has 0 unspecified atom stereocenters. The van der Waals surface area contributed by atoms with Crippen molar-refractivity contribution < 1.29 is 32.7 Å². The minimum atomic E-state index is -4.16. The van der Waals surface area contributed by atoms with Crippen molar-refractivity contribution in [3.8, 4) is 0 Å². The number of aryl methyl sites for hydroxylation is 2. The van der Waals surface area contributed by atoms with Gasteiger partial charge in [0.25, 0.3) is 5.91 Å². The maximum atomic E-state index is 13.2. The van der Waals surface area contributed by atoms with Gasteiger partial charge < -0.3 is 15.4 Å². The van der Waals surface area contributed by atoms with Crippen LogP contribution < -0.4 is 20.8 Å². The van der Waals surface area contributed by atoms with E-state index in [1.807, 2.05) is 6.07 Å². The number of benzene rings is 2. The monoisotopic (exact) mass is 568 g/mol. The molecule has 0 bridgehead atoms. The Hall–Kier alpha value is -3.19. The van der Waals surface area contributed by atoms with Crippen LogP contribution in [0.4, 0.5) is 4.79 Å². The van der Waals surface area contributed by atoms with Gasteiger partial charge in [-0.2, -0.15) is 4.72 Å². The molecular formula is C25H33ClN4O7S. The summed E-state index contributed by atoms with van der Waals surface area (Å²) >= 11 is 6.09. The molecule has 38 heavy (non-hydrogen) atoms. The van der Waals surface area contributed by atoms with Crippen LogP contribution in [0.1, 0.15) is 37.0 Å². The maximum Gasteiger partial charge on any atom is 0.407 e. The molecule has 5 N–H and O–H groups in total. The lowest BCUT2D eigenvalue weighted by atomic mass is 9.99. The molecule has 0 saturated carbocycles. The summed E-state index contributed by atoms with van der Waals surface area (Å²) in [7, 11) is -4.16. The lowest BCUT2D eigenvalue weighted by molar-refractivity contribution is -0.135. The predicted octanol–water partition coefficient (Wildman–Crippen LogP) is 2.57. The Kier molecular flexibility index (Phi) is 11.5. The highest BCUT2D eigenvalue weighted by Gasteiger charge is 2.33. The Morgan fingerprint density at radius 2 is 1.71 bits per heavy atom. The topological polar surface area (TPSA) is 163 Å². The van der Waals surface area contributed by atoms with E-state index < -0.39 is 52.5 Å². The Balaban J connectivity index is 2.14. The van der Waals surface area contributed by atoms with Crippen molar-refractivity contribution in [3.63, 3.8) is 0 Å². The predicted molar refractivity (Wildman–Crippen MR) is 141 cm³/mol. The first-order valence-electron chi connectivity index (χ1n) is 11.9. The van der Waals surface area contributed by atoms with Crippen LogP contribution in [0, 0.1) is 19.8 Å². The van der Waals surface area contributed by atoms with Gasteiger partial charge in [-0.15, -0.1) is 0 Å². The number of hydrogen-bond acceptors (Lipinski definition) is 7. The van der Waals surface area contributed by atoms with Crippen LogP contribution in [-0.2, 0) is 31.0 Å². The molecule has 208 valence electrons. The molecule has 2 rings (SSSR count). The van der Waals surface area contributed by atoms with Crippen molar-refractivity contribution in [3.05, 3.63) is 64.2 Å². The van der Waals surface area contributed by atoms with Gasteiger partial charge in [0.15, 0.2) is 0 Å². The van der Waals surface area contributed by atoms with Gasteiger partial charge in [-0.25, -0.2) is 18.7 Å². The summed E-state index contributed by atoms with van der Waals surface area (Å²) in [5, 5.41) is 14.3. The average molecular weight is 569 g/mol. The Morgan fingerprint density at radius 3 is 2.32 bits per heavy atom. The minimum Gasteiger partial charge on any atom is -0.445 e. The van der Waals surface area contributed by atoms with Crippen molar-refractivity contribution in [2.45, 2.75) is 57.7 Å². The fourth-order valence-electron chi connectivity index (χ4n) is 3.45. The van der Waals surface area contributed by atoms with Gasteiger partial charge in [0, 0.05) is 5.02 Å². The number of hydroxylamine groups is 1. The fourth-order valence-corrected chi connectivity index (χ4v) is 5.28. The number of nitrogens with one attached hydrogen (secondary N) is 4. The normalized spacial score (nSPS) is 13.6. The third kappa shape index (κ3) is 8.69. The summed E-state index contributed by atoms with van der Waals surface area (Å²) in [6.07, 6.45) is -0.424. The zero-order chi connectivity index (χ0) is 28.5. The smallest absolute Gasteiger partial charge is 0.407 e. The molecule has 0 aliphatic heterocycles. The molecule has 0 spiro atoms. The Labute approximate surface area is 227 Å². The molecule has 3 amide bonds. The summed E-state index contributed by atoms with van der Waals surface area (Å²) in [5.74, 6) is -2.31. The second kappa shape index (κ2) is 14.1. The van der Waals surface area contributed by atoms with E-state index in [0.29, 0.717) is 22.6 Å². The van der Waals surface area contributed by atoms with Crippen LogP contribution >= 0.6 is 11.6 Å². The molecule has 0 aromatic heterocycles. The van der Waals surface area contributed by atoms with E-state index in [0.717, 1.165) is 5.56 Å². The molecule has 0 aliphatic carbocycles. The third-order valence-corrected chi connectivity index (χ3v) is 7.92. The van der Waals surface area contributed by atoms with Gasteiger partial charge in [0.2, 0.25) is 15.9 Å². The standard InChI is InChI=1S/C25H33ClN4O7S/c1-5-15(2)22(30-38(35,36)21-12-16(3)19(26)11-17(21)4)24(32)28-20(23(31)29-34)13-27-25(33)37-14-18-9-7-6-8-10-18/h6-12,15,20,22,30,34H,5,13-14H2,1-4H3,(H,27,33)(H,28,32)(H,29,31)/t15-,20-,22-/m0/s1. The number of rotatable bonds is 12. The lowest BCUT2D eigenvalue weighted by Gasteiger charge is -2.26. The van der Waals surface area contributed by atoms with Crippen molar-refractivity contribution >= 4 is 39.5 Å². The third-order valence-electron chi connectivity index (χ3n) is 5.93. The summed E-state index contributed by atoms with van der Waals surface area (Å²) in [4.78, 5) is 37.4. The Morgan fingerprint density at radius 1 is 1.05 bits per heavy atom. The van der Waals surface area contributed by atoms with Gasteiger partial charge in [0.05, 0.1) is 11.4 Å². The first-order chi connectivity index (χ1) is 17.9. The van der Waals surface area contributed by atoms with Gasteiger partial charge in [-0.05, 0) is 48.6 Å². The molecular weight excluding hydrogens is 536 g/mol. The van der Waals surface area contributed by atoms with Crippen molar-refractivity contribution in [2.24, 2.45) is 5.92 Å². The first-order valence-corrected chi connectivity index (χ1v) is 13.7. The SMILES string of the molecule is CC[C@H](C)[C@H](NS(=O)(=O)c1cc(C)c(Cl)cc1C)C(=O)N[C@@H](CNC(=O)OCc1ccccc1)C(=O)NO. The maximum absolute atomic E-state index is 13.2. The highest BCUT2D eigenvalue weighted by Crippen LogP contribution is 2.24. The number of sulfonamides is 1. The van der Waals surface area contributed by atoms with Crippen LogP contribution in [0.15, 0.2) is 47.4 Å². The molecule has 0 radical (unpaired) electrons. The van der Waals surface area contributed by atoms with Crippen LogP contribution in [0.25, 0.3) is 0 Å². The van der Waals surface area contributed by atoms with E-state index >= 15 is 0 Å². The van der Waals surface area contributed by atoms with Crippen molar-refractivity contribution in [1.82, 2.24) is 20.8 Å². The average Bonchev–Trinajstić information content (AvgIpc) is 2.89. The van der Waals surface area contributed by atoms with E-state index in [1.165, 1.54) is 17.6 Å². The van der Waals surface area contributed by atoms with Gasteiger partial charge in [-0.3, -0.25) is 14.8 Å². The number of amides is 3. The highest BCUT2D eigenvalue weighted by atomic mass is 35.5. The molecule has 3 atom stereocenters. The summed E-state index contributed by atoms with van der Waals surface area (Å²) in [6.45, 7) is 6.25. The number of alkyl carbamates (subject to hydrolysis) is 1. The number of carbonyl (C=O) groups is 3. The summed E-state index contributed by atoms with van der Waals surface area (Å²) in [5.41, 5.74) is 3.12. The van der Waals surface area contributed by atoms with E-state index in [4.69, 9.17) is 21.5 Å². The second-order valence-electron chi connectivity index (χ2n) is 8.83. The summed E-state index contributed by atoms with van der Waals surface area (Å²) < 4.78 is 33.9. The highest BCUT2D eigenvalue weighted by molar-refractivity contribution is 7.89. The van der Waals surface area contributed by atoms with Crippen molar-refractivity contribution in [2.75, 3.05) is 6.54 Å². The van der Waals surface area contributed by atoms with E-state index in [1.54, 1.807) is 52.0 Å².